The lowest BCUT2D eigenvalue weighted by molar-refractivity contribution is -0.123. The van der Waals surface area contributed by atoms with Gasteiger partial charge in [-0.1, -0.05) is 18.2 Å². The number of primary amides is 1. The zero-order valence-corrected chi connectivity index (χ0v) is 18.1. The smallest absolute Gasteiger partial charge is 0.220 e. The van der Waals surface area contributed by atoms with Gasteiger partial charge < -0.3 is 15.0 Å². The number of amides is 1. The third kappa shape index (κ3) is 4.08. The summed E-state index contributed by atoms with van der Waals surface area (Å²) in [5.41, 5.74) is 10.6. The number of aryl methyl sites for hydroxylation is 1. The van der Waals surface area contributed by atoms with Gasteiger partial charge in [-0.15, -0.1) is 0 Å². The summed E-state index contributed by atoms with van der Waals surface area (Å²) in [5.74, 6) is 0.758. The second-order valence-corrected chi connectivity index (χ2v) is 8.45. The Morgan fingerprint density at radius 2 is 1.87 bits per heavy atom. The minimum Gasteiger partial charge on any atom is -0.497 e. The number of likely N-dealkylation sites (tertiary alicyclic amines) is 1. The van der Waals surface area contributed by atoms with E-state index in [9.17, 15) is 4.79 Å². The summed E-state index contributed by atoms with van der Waals surface area (Å²) in [6, 6.07) is 15.4. The number of aromatic nitrogens is 1. The molecule has 5 nitrogen and oxygen atoms in total. The number of nitrogens with two attached hydrogens (primary N) is 1. The molecule has 3 aromatic rings. The molecule has 1 aromatic heterocycles. The fourth-order valence-corrected chi connectivity index (χ4v) is 4.59. The van der Waals surface area contributed by atoms with Crippen LogP contribution in [0.3, 0.4) is 0 Å². The van der Waals surface area contributed by atoms with Crippen molar-refractivity contribution in [3.05, 3.63) is 65.4 Å². The van der Waals surface area contributed by atoms with E-state index in [0.717, 1.165) is 38.2 Å². The molecule has 30 heavy (non-hydrogen) atoms. The maximum atomic E-state index is 11.4. The van der Waals surface area contributed by atoms with Crippen molar-refractivity contribution in [1.29, 1.82) is 0 Å². The van der Waals surface area contributed by atoms with Gasteiger partial charge in [0.05, 0.1) is 7.11 Å². The third-order valence-corrected chi connectivity index (χ3v) is 6.58. The van der Waals surface area contributed by atoms with Crippen molar-refractivity contribution in [2.75, 3.05) is 20.2 Å². The molecule has 2 N–H and O–H groups in total. The van der Waals surface area contributed by atoms with E-state index in [1.165, 1.54) is 27.6 Å². The Hall–Kier alpha value is -2.79. The third-order valence-electron chi connectivity index (χ3n) is 6.58. The molecule has 2 aromatic carbocycles. The van der Waals surface area contributed by atoms with Crippen LogP contribution >= 0.6 is 0 Å². The zero-order chi connectivity index (χ0) is 21.3. The normalized spacial score (nSPS) is 16.6. The molecule has 1 unspecified atom stereocenters. The Labute approximate surface area is 178 Å². The van der Waals surface area contributed by atoms with Crippen LogP contribution in [0.2, 0.25) is 0 Å². The predicted octanol–water partition coefficient (Wildman–Crippen LogP) is 4.26. The number of fused-ring (bicyclic) bond motifs is 1. The van der Waals surface area contributed by atoms with Crippen LogP contribution in [0.1, 0.15) is 42.5 Å². The molecule has 1 saturated heterocycles. The van der Waals surface area contributed by atoms with Gasteiger partial charge in [-0.05, 0) is 80.7 Å². The van der Waals surface area contributed by atoms with Gasteiger partial charge in [-0.25, -0.2) is 0 Å². The molecular weight excluding hydrogens is 374 g/mol. The van der Waals surface area contributed by atoms with Crippen molar-refractivity contribution in [3.63, 3.8) is 0 Å². The van der Waals surface area contributed by atoms with Crippen molar-refractivity contribution in [1.82, 2.24) is 9.47 Å². The van der Waals surface area contributed by atoms with E-state index in [1.807, 2.05) is 12.1 Å². The van der Waals surface area contributed by atoms with Crippen molar-refractivity contribution >= 4 is 16.8 Å². The molecular formula is C25H31N3O2. The van der Waals surface area contributed by atoms with Gasteiger partial charge in [0, 0.05) is 35.6 Å². The number of piperidine rings is 1. The summed E-state index contributed by atoms with van der Waals surface area (Å²) in [6.07, 6.45) is 3.96. The molecule has 0 radical (unpaired) electrons. The highest BCUT2D eigenvalue weighted by atomic mass is 16.5. The molecule has 1 aliphatic heterocycles. The summed E-state index contributed by atoms with van der Waals surface area (Å²) < 4.78 is 7.58. The lowest BCUT2D eigenvalue weighted by Crippen LogP contribution is -2.39. The highest BCUT2D eigenvalue weighted by Crippen LogP contribution is 2.30. The molecule has 158 valence electrons. The first-order valence-electron chi connectivity index (χ1n) is 10.7. The SMILES string of the molecule is COc1ccc(Cn2cc(C)c3cc(C(C)N4CCC(C(N)=O)CC4)ccc32)cc1. The highest BCUT2D eigenvalue weighted by molar-refractivity contribution is 5.84. The molecule has 0 aliphatic carbocycles. The van der Waals surface area contributed by atoms with Crippen LogP contribution in [0.5, 0.6) is 5.75 Å². The predicted molar refractivity (Wildman–Crippen MR) is 121 cm³/mol. The van der Waals surface area contributed by atoms with Crippen LogP contribution in [-0.4, -0.2) is 35.6 Å². The van der Waals surface area contributed by atoms with Crippen LogP contribution in [0.15, 0.2) is 48.7 Å². The lowest BCUT2D eigenvalue weighted by atomic mass is 9.94. The minimum atomic E-state index is -0.155. The Kier molecular flexibility index (Phi) is 5.82. The number of hydrogen-bond acceptors (Lipinski definition) is 3. The Bertz CT molecular complexity index is 1030. The Morgan fingerprint density at radius 1 is 1.17 bits per heavy atom. The number of nitrogens with zero attached hydrogens (tertiary/aromatic N) is 2. The van der Waals surface area contributed by atoms with Gasteiger partial charge >= 0.3 is 0 Å². The quantitative estimate of drug-likeness (QED) is 0.666. The molecule has 1 amide bonds. The summed E-state index contributed by atoms with van der Waals surface area (Å²) in [6.45, 7) is 7.12. The largest absolute Gasteiger partial charge is 0.497 e. The summed E-state index contributed by atoms with van der Waals surface area (Å²) in [7, 11) is 1.69. The van der Waals surface area contributed by atoms with E-state index in [4.69, 9.17) is 10.5 Å². The first-order valence-corrected chi connectivity index (χ1v) is 10.7. The summed E-state index contributed by atoms with van der Waals surface area (Å²) in [5, 5.41) is 1.31. The zero-order valence-electron chi connectivity index (χ0n) is 18.1. The molecule has 0 spiro atoms. The van der Waals surface area contributed by atoms with Crippen molar-refractivity contribution in [2.45, 2.75) is 39.3 Å². The minimum absolute atomic E-state index is 0.0326. The molecule has 2 heterocycles. The van der Waals surface area contributed by atoms with Gasteiger partial charge in [-0.2, -0.15) is 0 Å². The molecule has 5 heteroatoms. The molecule has 1 atom stereocenters. The van der Waals surface area contributed by atoms with Gasteiger partial charge in [-0.3, -0.25) is 9.69 Å². The average Bonchev–Trinajstić information content (AvgIpc) is 3.08. The second kappa shape index (κ2) is 8.52. The number of hydrogen-bond donors (Lipinski definition) is 1. The van der Waals surface area contributed by atoms with E-state index in [1.54, 1.807) is 7.11 Å². The van der Waals surface area contributed by atoms with Crippen LogP contribution in [0, 0.1) is 12.8 Å². The summed E-state index contributed by atoms with van der Waals surface area (Å²) >= 11 is 0. The topological polar surface area (TPSA) is 60.5 Å². The van der Waals surface area contributed by atoms with Crippen molar-refractivity contribution < 1.29 is 9.53 Å². The first kappa shape index (κ1) is 20.5. The number of carbonyl (C=O) groups is 1. The maximum Gasteiger partial charge on any atom is 0.220 e. The van der Waals surface area contributed by atoms with E-state index >= 15 is 0 Å². The van der Waals surface area contributed by atoms with E-state index in [2.05, 4.69) is 59.8 Å². The fourth-order valence-electron chi connectivity index (χ4n) is 4.59. The molecule has 0 bridgehead atoms. The van der Waals surface area contributed by atoms with Gasteiger partial charge in [0.25, 0.3) is 0 Å². The van der Waals surface area contributed by atoms with Crippen molar-refractivity contribution in [2.24, 2.45) is 11.7 Å². The molecule has 4 rings (SSSR count). The number of methoxy groups -OCH3 is 1. The number of carbonyl (C=O) groups excluding carboxylic acids is 1. The van der Waals surface area contributed by atoms with Gasteiger partial charge in [0.15, 0.2) is 0 Å². The van der Waals surface area contributed by atoms with Gasteiger partial charge in [0.1, 0.15) is 5.75 Å². The number of benzene rings is 2. The average molecular weight is 406 g/mol. The fraction of sp³-hybridized carbons (Fsp3) is 0.400. The lowest BCUT2D eigenvalue weighted by Gasteiger charge is -2.35. The van der Waals surface area contributed by atoms with Crippen LogP contribution < -0.4 is 10.5 Å². The number of ether oxygens (including phenoxy) is 1. The molecule has 1 aliphatic rings. The number of rotatable bonds is 6. The van der Waals surface area contributed by atoms with Crippen LogP contribution in [0.25, 0.3) is 10.9 Å². The van der Waals surface area contributed by atoms with E-state index < -0.39 is 0 Å². The summed E-state index contributed by atoms with van der Waals surface area (Å²) in [4.78, 5) is 13.9. The molecule has 1 fully saturated rings. The molecule has 0 saturated carbocycles. The van der Waals surface area contributed by atoms with Crippen LogP contribution in [0.4, 0.5) is 0 Å². The first-order chi connectivity index (χ1) is 14.5. The maximum absolute atomic E-state index is 11.4. The van der Waals surface area contributed by atoms with E-state index in [0.29, 0.717) is 6.04 Å². The Balaban J connectivity index is 1.53. The van der Waals surface area contributed by atoms with E-state index in [-0.39, 0.29) is 11.8 Å². The Morgan fingerprint density at radius 3 is 2.50 bits per heavy atom. The standard InChI is InChI=1S/C25H31N3O2/c1-17-15-28(16-19-4-7-22(30-3)8-5-19)24-9-6-21(14-23(17)24)18(2)27-12-10-20(11-13-27)25(26)29/h4-9,14-15,18,20H,10-13,16H2,1-3H3,(H2,26,29). The monoisotopic (exact) mass is 405 g/mol. The highest BCUT2D eigenvalue weighted by Gasteiger charge is 2.26. The van der Waals surface area contributed by atoms with Crippen LogP contribution in [-0.2, 0) is 11.3 Å². The van der Waals surface area contributed by atoms with Crippen molar-refractivity contribution in [3.8, 4) is 5.75 Å². The van der Waals surface area contributed by atoms with Gasteiger partial charge in [0.2, 0.25) is 5.91 Å². The second-order valence-electron chi connectivity index (χ2n) is 8.45.